The number of carbonyl (C=O) groups is 1. The number of benzene rings is 3. The summed E-state index contributed by atoms with van der Waals surface area (Å²) in [5.41, 5.74) is 4.63. The number of carbonyl (C=O) groups excluding carboxylic acids is 1. The van der Waals surface area contributed by atoms with Crippen LogP contribution in [0.5, 0.6) is 5.75 Å². The molecule has 0 amide bonds. The minimum absolute atomic E-state index is 0.0264. The van der Waals surface area contributed by atoms with Crippen molar-refractivity contribution in [3.63, 3.8) is 0 Å². The fraction of sp³-hybridized carbons (Fsp3) is 0.160. The van der Waals surface area contributed by atoms with Gasteiger partial charge < -0.3 is 15.0 Å². The van der Waals surface area contributed by atoms with E-state index in [4.69, 9.17) is 15.5 Å². The van der Waals surface area contributed by atoms with Gasteiger partial charge in [0.25, 0.3) is 0 Å². The van der Waals surface area contributed by atoms with Gasteiger partial charge >= 0.3 is 0 Å². The van der Waals surface area contributed by atoms with Gasteiger partial charge in [-0.05, 0) is 41.8 Å². The second-order valence-corrected chi connectivity index (χ2v) is 7.02. The number of rotatable bonds is 7. The second-order valence-electron chi connectivity index (χ2n) is 7.02. The number of fused-ring (bicyclic) bond motifs is 1. The van der Waals surface area contributed by atoms with Gasteiger partial charge in [-0.3, -0.25) is 4.79 Å². The number of anilines is 1. The van der Waals surface area contributed by atoms with Crippen molar-refractivity contribution in [3.8, 4) is 5.75 Å². The molecule has 1 heterocycles. The molecule has 0 aliphatic carbocycles. The summed E-state index contributed by atoms with van der Waals surface area (Å²) in [4.78, 5) is 16.9. The van der Waals surface area contributed by atoms with Crippen LogP contribution in [-0.2, 0) is 6.42 Å². The number of Topliss-reactive ketones (excluding diaryl/α,β-unsaturated/α-hetero) is 1. The van der Waals surface area contributed by atoms with Crippen molar-refractivity contribution >= 4 is 22.4 Å². The summed E-state index contributed by atoms with van der Waals surface area (Å²) in [6, 6.07) is 23.2. The van der Waals surface area contributed by atoms with Crippen LogP contribution in [0.4, 0.5) is 5.69 Å². The molecular formula is C25H24N4O2. The number of H-pyrrole nitrogens is 1. The molecule has 0 bridgehead atoms. The number of hydrogen-bond acceptors (Lipinski definition) is 5. The van der Waals surface area contributed by atoms with Gasteiger partial charge in [-0.2, -0.15) is 0 Å². The topological polar surface area (TPSA) is 102 Å². The molecule has 1 atom stereocenters. The fourth-order valence-electron chi connectivity index (χ4n) is 3.57. The molecule has 0 aliphatic heterocycles. The lowest BCUT2D eigenvalue weighted by atomic mass is 9.96. The Labute approximate surface area is 181 Å². The largest absolute Gasteiger partial charge is 0.497 e. The third-order valence-electron chi connectivity index (χ3n) is 5.20. The number of ketones is 1. The Kier molecular flexibility index (Phi) is 7.02. The van der Waals surface area contributed by atoms with E-state index < -0.39 is 6.04 Å². The van der Waals surface area contributed by atoms with Crippen molar-refractivity contribution in [1.29, 1.82) is 10.8 Å². The van der Waals surface area contributed by atoms with Gasteiger partial charge in [-0.25, -0.2) is 0 Å². The number of nitrogens with one attached hydrogen (secondary N) is 2. The molecule has 0 saturated carbocycles. The number of methoxy groups -OCH3 is 1. The molecule has 0 radical (unpaired) electrons. The lowest BCUT2D eigenvalue weighted by molar-refractivity contribution is 0.0971. The number of aromatic nitrogens is 1. The second kappa shape index (κ2) is 10.1. The van der Waals surface area contributed by atoms with Crippen molar-refractivity contribution < 1.29 is 9.53 Å². The monoisotopic (exact) mass is 412 g/mol. The van der Waals surface area contributed by atoms with Crippen molar-refractivity contribution in [2.45, 2.75) is 19.4 Å². The molecule has 3 aromatic carbocycles. The zero-order valence-electron chi connectivity index (χ0n) is 17.5. The highest BCUT2D eigenvalue weighted by atomic mass is 16.5. The maximum Gasteiger partial charge on any atom is 0.191 e. The molecule has 31 heavy (non-hydrogen) atoms. The summed E-state index contributed by atoms with van der Waals surface area (Å²) in [6.07, 6.45) is 2.74. The van der Waals surface area contributed by atoms with Crippen molar-refractivity contribution in [3.05, 3.63) is 95.7 Å². The van der Waals surface area contributed by atoms with Gasteiger partial charge in [0.1, 0.15) is 11.8 Å². The van der Waals surface area contributed by atoms with E-state index in [1.807, 2.05) is 66.9 Å². The van der Waals surface area contributed by atoms with Crippen LogP contribution in [0.3, 0.4) is 0 Å². The Morgan fingerprint density at radius 1 is 1.03 bits per heavy atom. The van der Waals surface area contributed by atoms with E-state index in [1.54, 1.807) is 7.11 Å². The van der Waals surface area contributed by atoms with Crippen LogP contribution in [0.2, 0.25) is 0 Å². The van der Waals surface area contributed by atoms with Crippen LogP contribution >= 0.6 is 0 Å². The van der Waals surface area contributed by atoms with Gasteiger partial charge in [0.05, 0.1) is 7.11 Å². The molecule has 1 unspecified atom stereocenters. The van der Waals surface area contributed by atoms with Crippen LogP contribution in [0, 0.1) is 10.8 Å². The molecule has 0 spiro atoms. The summed E-state index contributed by atoms with van der Waals surface area (Å²) < 4.78 is 5.33. The van der Waals surface area contributed by atoms with Gasteiger partial charge in [0, 0.05) is 45.2 Å². The molecular weight excluding hydrogens is 388 g/mol. The molecule has 2 N–H and O–H groups in total. The molecule has 0 fully saturated rings. The minimum Gasteiger partial charge on any atom is -0.497 e. The van der Waals surface area contributed by atoms with Gasteiger partial charge in [-0.1, -0.05) is 49.4 Å². The number of hydrogen-bond donors (Lipinski definition) is 2. The van der Waals surface area contributed by atoms with E-state index >= 15 is 0 Å². The highest BCUT2D eigenvalue weighted by Gasteiger charge is 2.24. The molecule has 4 rings (SSSR count). The molecule has 156 valence electrons. The standard InChI is InChI=1S/C25H24N2O2.N2/c1-3-17-12-13-23-21(14-17)22(16-26-23)25(28)24(18-8-5-4-6-9-18)27-19-10-7-11-20(15-19)29-2;1-2/h4-16,24,26-27H,3H2,1-2H3;. The maximum absolute atomic E-state index is 13.7. The SMILES string of the molecule is CCc1ccc2[nH]cc(C(=O)C(Nc3cccc(OC)c3)c3ccccc3)c2c1.N#N. The van der Waals surface area contributed by atoms with Crippen LogP contribution in [-0.4, -0.2) is 17.9 Å². The van der Waals surface area contributed by atoms with Crippen molar-refractivity contribution in [1.82, 2.24) is 4.98 Å². The molecule has 0 saturated heterocycles. The number of aromatic amines is 1. The molecule has 0 aliphatic rings. The summed E-state index contributed by atoms with van der Waals surface area (Å²) in [5, 5.41) is 16.4. The van der Waals surface area contributed by atoms with Gasteiger partial charge in [0.15, 0.2) is 5.78 Å². The van der Waals surface area contributed by atoms with Crippen molar-refractivity contribution in [2.75, 3.05) is 12.4 Å². The Bertz CT molecular complexity index is 1180. The first-order valence-electron chi connectivity index (χ1n) is 9.99. The van der Waals surface area contributed by atoms with Crippen LogP contribution in [0.25, 0.3) is 10.9 Å². The van der Waals surface area contributed by atoms with E-state index in [0.717, 1.165) is 34.3 Å². The first-order chi connectivity index (χ1) is 15.2. The molecule has 4 aromatic rings. The minimum atomic E-state index is -0.507. The fourth-order valence-corrected chi connectivity index (χ4v) is 3.57. The lowest BCUT2D eigenvalue weighted by Gasteiger charge is -2.20. The Hall–Kier alpha value is -4.11. The van der Waals surface area contributed by atoms with Gasteiger partial charge in [0.2, 0.25) is 0 Å². The summed E-state index contributed by atoms with van der Waals surface area (Å²) in [7, 11) is 1.64. The first kappa shape index (κ1) is 21.6. The zero-order valence-corrected chi connectivity index (χ0v) is 17.5. The summed E-state index contributed by atoms with van der Waals surface area (Å²) in [5.74, 6) is 0.771. The highest BCUT2D eigenvalue weighted by molar-refractivity contribution is 6.11. The Balaban J connectivity index is 0.00000132. The molecule has 6 heteroatoms. The average molecular weight is 412 g/mol. The predicted octanol–water partition coefficient (Wildman–Crippen LogP) is 5.81. The van der Waals surface area contributed by atoms with E-state index in [0.29, 0.717) is 5.56 Å². The normalized spacial score (nSPS) is 11.2. The first-order valence-corrected chi connectivity index (χ1v) is 9.99. The average Bonchev–Trinajstić information content (AvgIpc) is 3.27. The van der Waals surface area contributed by atoms with E-state index in [2.05, 4.69) is 29.4 Å². The van der Waals surface area contributed by atoms with Crippen LogP contribution < -0.4 is 10.1 Å². The highest BCUT2D eigenvalue weighted by Crippen LogP contribution is 2.29. The van der Waals surface area contributed by atoms with E-state index in [9.17, 15) is 4.79 Å². The van der Waals surface area contributed by atoms with E-state index in [-0.39, 0.29) is 5.78 Å². The zero-order chi connectivity index (χ0) is 22.2. The number of aryl methyl sites for hydroxylation is 1. The van der Waals surface area contributed by atoms with Gasteiger partial charge in [-0.15, -0.1) is 0 Å². The predicted molar refractivity (Wildman–Crippen MR) is 121 cm³/mol. The summed E-state index contributed by atoms with van der Waals surface area (Å²) >= 11 is 0. The smallest absolute Gasteiger partial charge is 0.191 e. The third-order valence-corrected chi connectivity index (χ3v) is 5.20. The van der Waals surface area contributed by atoms with Crippen LogP contribution in [0.15, 0.2) is 79.0 Å². The molecule has 1 aromatic heterocycles. The lowest BCUT2D eigenvalue weighted by Crippen LogP contribution is -2.21. The molecule has 6 nitrogen and oxygen atoms in total. The Morgan fingerprint density at radius 2 is 1.81 bits per heavy atom. The number of ether oxygens (including phenoxy) is 1. The third kappa shape index (κ3) is 4.73. The Morgan fingerprint density at radius 3 is 2.52 bits per heavy atom. The van der Waals surface area contributed by atoms with E-state index in [1.165, 1.54) is 5.56 Å². The number of nitrogens with zero attached hydrogens (tertiary/aromatic N) is 2. The summed E-state index contributed by atoms with van der Waals surface area (Å²) in [6.45, 7) is 2.12. The maximum atomic E-state index is 13.7. The van der Waals surface area contributed by atoms with Crippen molar-refractivity contribution in [2.24, 2.45) is 0 Å². The van der Waals surface area contributed by atoms with Crippen LogP contribution in [0.1, 0.15) is 34.5 Å². The quantitative estimate of drug-likeness (QED) is 0.295.